The lowest BCUT2D eigenvalue weighted by Gasteiger charge is -2.30. The van der Waals surface area contributed by atoms with Gasteiger partial charge in [-0.15, -0.1) is 0 Å². The Morgan fingerprint density at radius 1 is 1.13 bits per heavy atom. The molecule has 38 heavy (non-hydrogen) atoms. The molecule has 0 bridgehead atoms. The number of pyridine rings is 1. The summed E-state index contributed by atoms with van der Waals surface area (Å²) in [7, 11) is 1.62. The second kappa shape index (κ2) is 12.0. The minimum absolute atomic E-state index is 0.00337. The molecule has 1 aromatic carbocycles. The minimum Gasteiger partial charge on any atom is -0.491 e. The van der Waals surface area contributed by atoms with Crippen LogP contribution in [0.1, 0.15) is 26.5 Å². The first-order valence-electron chi connectivity index (χ1n) is 12.4. The fourth-order valence-electron chi connectivity index (χ4n) is 4.33. The predicted octanol–water partition coefficient (Wildman–Crippen LogP) is 1.93. The third-order valence-electron chi connectivity index (χ3n) is 6.27. The number of oxazole rings is 1. The highest BCUT2D eigenvalue weighted by Gasteiger charge is 2.32. The second-order valence-corrected chi connectivity index (χ2v) is 8.75. The quantitative estimate of drug-likeness (QED) is 0.360. The van der Waals surface area contributed by atoms with E-state index in [9.17, 15) is 9.59 Å². The van der Waals surface area contributed by atoms with Crippen molar-refractivity contribution in [1.82, 2.24) is 15.3 Å². The van der Waals surface area contributed by atoms with Crippen LogP contribution in [-0.2, 0) is 16.0 Å². The molecule has 1 saturated heterocycles. The van der Waals surface area contributed by atoms with Crippen molar-refractivity contribution in [3.05, 3.63) is 59.7 Å². The molecule has 0 unspecified atom stereocenters. The molecule has 2 N–H and O–H groups in total. The summed E-state index contributed by atoms with van der Waals surface area (Å²) in [6, 6.07) is 7.27. The van der Waals surface area contributed by atoms with E-state index < -0.39 is 5.91 Å². The van der Waals surface area contributed by atoms with Gasteiger partial charge in [0.1, 0.15) is 12.4 Å². The van der Waals surface area contributed by atoms with Crippen LogP contribution in [0.4, 0.5) is 17.4 Å². The van der Waals surface area contributed by atoms with Gasteiger partial charge in [-0.3, -0.25) is 19.5 Å². The summed E-state index contributed by atoms with van der Waals surface area (Å²) in [5, 5.41) is 6.18. The molecule has 2 aliphatic rings. The van der Waals surface area contributed by atoms with Crippen LogP contribution in [0.2, 0.25) is 0 Å². The molecule has 3 aromatic rings. The summed E-state index contributed by atoms with van der Waals surface area (Å²) in [4.78, 5) is 38.0. The minimum atomic E-state index is -0.472. The van der Waals surface area contributed by atoms with Crippen molar-refractivity contribution in [3.8, 4) is 5.75 Å². The maximum absolute atomic E-state index is 13.1. The van der Waals surface area contributed by atoms with E-state index >= 15 is 0 Å². The van der Waals surface area contributed by atoms with Crippen molar-refractivity contribution >= 4 is 29.2 Å². The van der Waals surface area contributed by atoms with Crippen molar-refractivity contribution in [2.24, 2.45) is 0 Å². The number of piperazine rings is 1. The van der Waals surface area contributed by atoms with Gasteiger partial charge < -0.3 is 34.2 Å². The highest BCUT2D eigenvalue weighted by Crippen LogP contribution is 2.31. The average Bonchev–Trinajstić information content (AvgIpc) is 3.56. The molecule has 0 atom stereocenters. The zero-order valence-corrected chi connectivity index (χ0v) is 21.1. The Hall–Kier alpha value is -4.00. The van der Waals surface area contributed by atoms with Crippen LogP contribution in [0.5, 0.6) is 5.75 Å². The van der Waals surface area contributed by atoms with Gasteiger partial charge in [-0.2, -0.15) is 0 Å². The van der Waals surface area contributed by atoms with Crippen LogP contribution in [0.25, 0.3) is 0 Å². The van der Waals surface area contributed by atoms with Crippen molar-refractivity contribution < 1.29 is 28.2 Å². The van der Waals surface area contributed by atoms with Gasteiger partial charge in [-0.25, -0.2) is 4.98 Å². The number of hydrogen-bond acceptors (Lipinski definition) is 10. The number of anilines is 3. The molecule has 200 valence electrons. The molecule has 0 spiro atoms. The molecule has 2 aromatic heterocycles. The normalized spacial score (nSPS) is 15.0. The van der Waals surface area contributed by atoms with Gasteiger partial charge >= 0.3 is 6.01 Å². The lowest BCUT2D eigenvalue weighted by Crippen LogP contribution is -2.43. The Bertz CT molecular complexity index is 1270. The zero-order valence-electron chi connectivity index (χ0n) is 21.1. The number of rotatable bonds is 11. The highest BCUT2D eigenvalue weighted by atomic mass is 16.5. The SMILES string of the molecule is COCCOCCOc1ccc2c(c1)C(=O)N(c1ncc(C(=O)Nc3cnccc3N3CCNCC3)o1)C2. The summed E-state index contributed by atoms with van der Waals surface area (Å²) >= 11 is 0. The van der Waals surface area contributed by atoms with Crippen LogP contribution < -0.4 is 25.2 Å². The number of ether oxygens (including phenoxy) is 3. The first-order valence-corrected chi connectivity index (χ1v) is 12.4. The van der Waals surface area contributed by atoms with Crippen LogP contribution in [-0.4, -0.2) is 81.5 Å². The number of methoxy groups -OCH3 is 1. The topological polar surface area (TPSA) is 131 Å². The monoisotopic (exact) mass is 522 g/mol. The molecule has 0 saturated carbocycles. The first-order chi connectivity index (χ1) is 18.6. The van der Waals surface area contributed by atoms with Crippen LogP contribution >= 0.6 is 0 Å². The van der Waals surface area contributed by atoms with Gasteiger partial charge in [0.25, 0.3) is 11.8 Å². The molecule has 5 rings (SSSR count). The smallest absolute Gasteiger partial charge is 0.305 e. The maximum Gasteiger partial charge on any atom is 0.305 e. The Labute approximate surface area is 219 Å². The van der Waals surface area contributed by atoms with Crippen LogP contribution in [0, 0.1) is 0 Å². The maximum atomic E-state index is 13.1. The molecule has 0 aliphatic carbocycles. The summed E-state index contributed by atoms with van der Waals surface area (Å²) in [6.07, 6.45) is 4.63. The zero-order chi connectivity index (χ0) is 26.3. The van der Waals surface area contributed by atoms with E-state index in [1.165, 1.54) is 11.1 Å². The summed E-state index contributed by atoms with van der Waals surface area (Å²) in [6.45, 7) is 5.45. The molecule has 12 heteroatoms. The van der Waals surface area contributed by atoms with Crippen molar-refractivity contribution in [2.45, 2.75) is 6.54 Å². The van der Waals surface area contributed by atoms with E-state index in [0.717, 1.165) is 37.4 Å². The van der Waals surface area contributed by atoms with E-state index in [1.807, 2.05) is 18.2 Å². The molecular formula is C26H30N6O6. The van der Waals surface area contributed by atoms with E-state index in [0.29, 0.717) is 43.4 Å². The number of carbonyl (C=O) groups is 2. The lowest BCUT2D eigenvalue weighted by atomic mass is 10.1. The highest BCUT2D eigenvalue weighted by molar-refractivity contribution is 6.09. The van der Waals surface area contributed by atoms with E-state index in [2.05, 4.69) is 25.5 Å². The summed E-state index contributed by atoms with van der Waals surface area (Å²) < 4.78 is 21.7. The Morgan fingerprint density at radius 3 is 2.82 bits per heavy atom. The van der Waals surface area contributed by atoms with Crippen molar-refractivity contribution in [1.29, 1.82) is 0 Å². The third kappa shape index (κ3) is 5.77. The van der Waals surface area contributed by atoms with Crippen LogP contribution in [0.3, 0.4) is 0 Å². The number of aromatic nitrogens is 2. The summed E-state index contributed by atoms with van der Waals surface area (Å²) in [5.41, 5.74) is 2.79. The predicted molar refractivity (Wildman–Crippen MR) is 139 cm³/mol. The fraction of sp³-hybridized carbons (Fsp3) is 0.385. The number of fused-ring (bicyclic) bond motifs is 1. The van der Waals surface area contributed by atoms with Crippen LogP contribution in [0.15, 0.2) is 47.3 Å². The van der Waals surface area contributed by atoms with Gasteiger partial charge in [-0.05, 0) is 23.8 Å². The molecule has 12 nitrogen and oxygen atoms in total. The molecule has 0 radical (unpaired) electrons. The Kier molecular flexibility index (Phi) is 8.12. The van der Waals surface area contributed by atoms with E-state index in [1.54, 1.807) is 25.6 Å². The first kappa shape index (κ1) is 25.6. The van der Waals surface area contributed by atoms with Gasteiger partial charge in [0.2, 0.25) is 5.76 Å². The number of hydrogen-bond donors (Lipinski definition) is 2. The molecule has 2 amide bonds. The number of nitrogens with zero attached hydrogens (tertiary/aromatic N) is 4. The molecule has 4 heterocycles. The van der Waals surface area contributed by atoms with E-state index in [-0.39, 0.29) is 24.2 Å². The Morgan fingerprint density at radius 2 is 1.97 bits per heavy atom. The number of benzene rings is 1. The number of amides is 2. The average molecular weight is 523 g/mol. The van der Waals surface area contributed by atoms with Gasteiger partial charge in [0.15, 0.2) is 0 Å². The number of carbonyl (C=O) groups excluding carboxylic acids is 2. The molecule has 2 aliphatic heterocycles. The van der Waals surface area contributed by atoms with E-state index in [4.69, 9.17) is 18.6 Å². The fourth-order valence-corrected chi connectivity index (χ4v) is 4.33. The van der Waals surface area contributed by atoms with Gasteiger partial charge in [0.05, 0.1) is 50.1 Å². The van der Waals surface area contributed by atoms with Gasteiger partial charge in [-0.1, -0.05) is 6.07 Å². The number of nitrogens with one attached hydrogen (secondary N) is 2. The summed E-state index contributed by atoms with van der Waals surface area (Å²) in [5.74, 6) is -0.181. The second-order valence-electron chi connectivity index (χ2n) is 8.75. The standard InChI is InChI=1S/C26H30N6O6/c1-35-10-11-36-12-13-37-19-3-2-18-17-32(25(34)20(18)14-19)26-29-16-23(38-26)24(33)30-21-15-28-5-4-22(21)31-8-6-27-7-9-31/h2-5,14-16,27H,6-13,17H2,1H3,(H,30,33). The lowest BCUT2D eigenvalue weighted by molar-refractivity contribution is 0.0544. The molecule has 1 fully saturated rings. The third-order valence-corrected chi connectivity index (χ3v) is 6.27. The van der Waals surface area contributed by atoms with Gasteiger partial charge in [0, 0.05) is 45.0 Å². The van der Waals surface area contributed by atoms with Crippen molar-refractivity contribution in [3.63, 3.8) is 0 Å². The van der Waals surface area contributed by atoms with Crippen molar-refractivity contribution in [2.75, 3.05) is 74.8 Å². The Balaban J connectivity index is 1.21. The molecular weight excluding hydrogens is 492 g/mol. The largest absolute Gasteiger partial charge is 0.491 e.